The van der Waals surface area contributed by atoms with Gasteiger partial charge in [0.25, 0.3) is 5.91 Å². The highest BCUT2D eigenvalue weighted by atomic mass is 16.1. The van der Waals surface area contributed by atoms with Gasteiger partial charge in [-0.15, -0.1) is 0 Å². The third kappa shape index (κ3) is 3.50. The Morgan fingerprint density at radius 3 is 2.75 bits per heavy atom. The van der Waals surface area contributed by atoms with Crippen molar-refractivity contribution in [1.82, 2.24) is 15.0 Å². The first-order valence-electron chi connectivity index (χ1n) is 6.49. The highest BCUT2D eigenvalue weighted by Gasteiger charge is 2.09. The fourth-order valence-electron chi connectivity index (χ4n) is 1.59. The Bertz CT molecular complexity index is 582. The van der Waals surface area contributed by atoms with Crippen LogP contribution in [-0.2, 0) is 0 Å². The van der Waals surface area contributed by atoms with Crippen LogP contribution in [0.2, 0.25) is 0 Å². The number of carbonyl (C=O) groups excluding carboxylic acids is 1. The van der Waals surface area contributed by atoms with E-state index in [0.717, 1.165) is 18.7 Å². The van der Waals surface area contributed by atoms with E-state index in [1.165, 1.54) is 6.20 Å². The van der Waals surface area contributed by atoms with Gasteiger partial charge in [-0.1, -0.05) is 6.92 Å². The number of rotatable bonds is 5. The smallest absolute Gasteiger partial charge is 0.275 e. The molecular formula is C14H17N5O. The van der Waals surface area contributed by atoms with Crippen molar-refractivity contribution in [3.05, 3.63) is 42.1 Å². The molecule has 0 aliphatic carbocycles. The van der Waals surface area contributed by atoms with Gasteiger partial charge in [0.05, 0.1) is 23.8 Å². The predicted molar refractivity (Wildman–Crippen MR) is 77.7 cm³/mol. The van der Waals surface area contributed by atoms with Crippen molar-refractivity contribution in [2.75, 3.05) is 17.2 Å². The SMILES string of the molecule is CCCNc1cnc(C(=O)Nc2cccnc2C)cn1. The van der Waals surface area contributed by atoms with Crippen molar-refractivity contribution in [3.8, 4) is 0 Å². The summed E-state index contributed by atoms with van der Waals surface area (Å²) in [5, 5.41) is 5.87. The number of nitrogens with one attached hydrogen (secondary N) is 2. The summed E-state index contributed by atoms with van der Waals surface area (Å²) in [4.78, 5) is 24.4. The minimum absolute atomic E-state index is 0.273. The molecule has 0 aliphatic rings. The number of hydrogen-bond donors (Lipinski definition) is 2. The van der Waals surface area contributed by atoms with Gasteiger partial charge in [0, 0.05) is 12.7 Å². The molecule has 2 aromatic heterocycles. The topological polar surface area (TPSA) is 79.8 Å². The Hall–Kier alpha value is -2.50. The number of nitrogens with zero attached hydrogens (tertiary/aromatic N) is 3. The van der Waals surface area contributed by atoms with Gasteiger partial charge in [-0.2, -0.15) is 0 Å². The van der Waals surface area contributed by atoms with E-state index >= 15 is 0 Å². The van der Waals surface area contributed by atoms with Crippen LogP contribution in [-0.4, -0.2) is 27.4 Å². The monoisotopic (exact) mass is 271 g/mol. The van der Waals surface area contributed by atoms with E-state index in [-0.39, 0.29) is 11.6 Å². The van der Waals surface area contributed by atoms with Gasteiger partial charge < -0.3 is 10.6 Å². The molecule has 20 heavy (non-hydrogen) atoms. The van der Waals surface area contributed by atoms with Gasteiger partial charge in [0.15, 0.2) is 0 Å². The lowest BCUT2D eigenvalue weighted by molar-refractivity contribution is 0.102. The first kappa shape index (κ1) is 13.9. The van der Waals surface area contributed by atoms with Crippen LogP contribution in [0.25, 0.3) is 0 Å². The van der Waals surface area contributed by atoms with E-state index < -0.39 is 0 Å². The van der Waals surface area contributed by atoms with E-state index in [1.807, 2.05) is 6.92 Å². The molecule has 6 heteroatoms. The summed E-state index contributed by atoms with van der Waals surface area (Å²) in [6, 6.07) is 3.57. The number of hydrogen-bond acceptors (Lipinski definition) is 5. The van der Waals surface area contributed by atoms with Crippen LogP contribution in [0.4, 0.5) is 11.5 Å². The normalized spacial score (nSPS) is 10.1. The Kier molecular flexibility index (Phi) is 4.60. The zero-order valence-electron chi connectivity index (χ0n) is 11.6. The third-order valence-electron chi connectivity index (χ3n) is 2.70. The molecule has 0 saturated carbocycles. The summed E-state index contributed by atoms with van der Waals surface area (Å²) in [6.07, 6.45) is 5.70. The molecule has 0 aliphatic heterocycles. The van der Waals surface area contributed by atoms with Crippen LogP contribution < -0.4 is 10.6 Å². The molecule has 0 radical (unpaired) electrons. The summed E-state index contributed by atoms with van der Waals surface area (Å²) in [7, 11) is 0. The average molecular weight is 271 g/mol. The van der Waals surface area contributed by atoms with Crippen molar-refractivity contribution in [1.29, 1.82) is 0 Å². The van der Waals surface area contributed by atoms with Crippen LogP contribution >= 0.6 is 0 Å². The molecule has 2 aromatic rings. The molecule has 0 fully saturated rings. The Morgan fingerprint density at radius 2 is 2.10 bits per heavy atom. The maximum Gasteiger partial charge on any atom is 0.275 e. The molecule has 2 N–H and O–H groups in total. The minimum atomic E-state index is -0.296. The molecule has 0 aromatic carbocycles. The molecule has 0 spiro atoms. The molecule has 6 nitrogen and oxygen atoms in total. The largest absolute Gasteiger partial charge is 0.369 e. The quantitative estimate of drug-likeness (QED) is 0.872. The average Bonchev–Trinajstić information content (AvgIpc) is 2.48. The molecular weight excluding hydrogens is 254 g/mol. The first-order valence-corrected chi connectivity index (χ1v) is 6.49. The summed E-state index contributed by atoms with van der Waals surface area (Å²) < 4.78 is 0. The summed E-state index contributed by atoms with van der Waals surface area (Å²) in [5.74, 6) is 0.372. The van der Waals surface area contributed by atoms with Gasteiger partial charge in [0.2, 0.25) is 0 Å². The summed E-state index contributed by atoms with van der Waals surface area (Å²) >= 11 is 0. The van der Waals surface area contributed by atoms with Gasteiger partial charge in [-0.25, -0.2) is 9.97 Å². The van der Waals surface area contributed by atoms with Crippen molar-refractivity contribution in [2.24, 2.45) is 0 Å². The molecule has 2 heterocycles. The summed E-state index contributed by atoms with van der Waals surface area (Å²) in [6.45, 7) is 4.73. The van der Waals surface area contributed by atoms with Crippen LogP contribution in [0.1, 0.15) is 29.5 Å². The number of amides is 1. The molecule has 0 unspecified atom stereocenters. The molecule has 104 valence electrons. The highest BCUT2D eigenvalue weighted by Crippen LogP contribution is 2.11. The summed E-state index contributed by atoms with van der Waals surface area (Å²) in [5.41, 5.74) is 1.71. The third-order valence-corrected chi connectivity index (χ3v) is 2.70. The van der Waals surface area contributed by atoms with E-state index in [0.29, 0.717) is 11.5 Å². The zero-order valence-corrected chi connectivity index (χ0v) is 11.6. The van der Waals surface area contributed by atoms with Crippen LogP contribution in [0.5, 0.6) is 0 Å². The second kappa shape index (κ2) is 6.60. The van der Waals surface area contributed by atoms with Crippen molar-refractivity contribution >= 4 is 17.4 Å². The number of pyridine rings is 1. The zero-order chi connectivity index (χ0) is 14.4. The molecule has 0 saturated heterocycles. The second-order valence-corrected chi connectivity index (χ2v) is 4.30. The van der Waals surface area contributed by atoms with E-state index in [9.17, 15) is 4.79 Å². The number of aryl methyl sites for hydroxylation is 1. The fourth-order valence-corrected chi connectivity index (χ4v) is 1.59. The fraction of sp³-hybridized carbons (Fsp3) is 0.286. The maximum absolute atomic E-state index is 12.0. The van der Waals surface area contributed by atoms with Crippen molar-refractivity contribution in [3.63, 3.8) is 0 Å². The first-order chi connectivity index (χ1) is 9.70. The predicted octanol–water partition coefficient (Wildman–Crippen LogP) is 2.25. The van der Waals surface area contributed by atoms with Crippen LogP contribution in [0.15, 0.2) is 30.7 Å². The number of carbonyl (C=O) groups is 1. The Morgan fingerprint density at radius 1 is 1.25 bits per heavy atom. The van der Waals surface area contributed by atoms with E-state index in [2.05, 4.69) is 32.5 Å². The Labute approximate surface area is 117 Å². The van der Waals surface area contributed by atoms with Crippen molar-refractivity contribution < 1.29 is 4.79 Å². The lowest BCUT2D eigenvalue weighted by Crippen LogP contribution is -2.15. The van der Waals surface area contributed by atoms with Gasteiger partial charge in [-0.05, 0) is 25.5 Å². The lowest BCUT2D eigenvalue weighted by atomic mass is 10.3. The maximum atomic E-state index is 12.0. The van der Waals surface area contributed by atoms with Gasteiger partial charge >= 0.3 is 0 Å². The standard InChI is InChI=1S/C14H17N5O/c1-3-6-16-13-9-17-12(8-18-13)14(20)19-11-5-4-7-15-10(11)2/h4-5,7-9H,3,6H2,1-2H3,(H,16,18)(H,19,20). The number of aromatic nitrogens is 3. The van der Waals surface area contributed by atoms with Crippen molar-refractivity contribution in [2.45, 2.75) is 20.3 Å². The van der Waals surface area contributed by atoms with E-state index in [1.54, 1.807) is 24.5 Å². The minimum Gasteiger partial charge on any atom is -0.369 e. The Balaban J connectivity index is 2.04. The highest BCUT2D eigenvalue weighted by molar-refractivity contribution is 6.02. The molecule has 1 amide bonds. The second-order valence-electron chi connectivity index (χ2n) is 4.30. The molecule has 0 bridgehead atoms. The van der Waals surface area contributed by atoms with Gasteiger partial charge in [0.1, 0.15) is 11.5 Å². The molecule has 0 atom stereocenters. The number of anilines is 2. The lowest BCUT2D eigenvalue weighted by Gasteiger charge is -2.07. The molecule has 2 rings (SSSR count). The van der Waals surface area contributed by atoms with Gasteiger partial charge in [-0.3, -0.25) is 9.78 Å². The van der Waals surface area contributed by atoms with E-state index in [4.69, 9.17) is 0 Å². The van der Waals surface area contributed by atoms with Crippen LogP contribution in [0.3, 0.4) is 0 Å². The van der Waals surface area contributed by atoms with Crippen LogP contribution in [0, 0.1) is 6.92 Å².